The van der Waals surface area contributed by atoms with Gasteiger partial charge in [0.05, 0.1) is 12.0 Å². The average molecular weight is 265 g/mol. The number of anilines is 1. The number of fused-ring (bicyclic) bond motifs is 1. The molecule has 0 aliphatic rings. The largest absolute Gasteiger partial charge is 0.477 e. The number of rotatable bonds is 5. The molecule has 2 aromatic heterocycles. The maximum atomic E-state index is 5.74. The van der Waals surface area contributed by atoms with Crippen molar-refractivity contribution < 1.29 is 4.74 Å². The number of nitrogen functional groups attached to an aromatic ring is 1. The Labute approximate surface area is 111 Å². The van der Waals surface area contributed by atoms with Gasteiger partial charge in [0.15, 0.2) is 0 Å². The molecule has 2 heterocycles. The molecule has 0 amide bonds. The minimum Gasteiger partial charge on any atom is -0.477 e. The molecule has 2 rings (SSSR count). The summed E-state index contributed by atoms with van der Waals surface area (Å²) in [4.78, 5) is 10.5. The third kappa shape index (κ3) is 3.10. The van der Waals surface area contributed by atoms with Gasteiger partial charge in [0.1, 0.15) is 4.83 Å². The third-order valence-electron chi connectivity index (χ3n) is 2.66. The Morgan fingerprint density at radius 1 is 1.39 bits per heavy atom. The normalized spacial score (nSPS) is 11.3. The van der Waals surface area contributed by atoms with Crippen molar-refractivity contribution >= 4 is 27.5 Å². The number of hydrogen-bond donors (Lipinski definition) is 1. The highest BCUT2D eigenvalue weighted by Crippen LogP contribution is 2.30. The average Bonchev–Trinajstić information content (AvgIpc) is 2.64. The Morgan fingerprint density at radius 2 is 2.17 bits per heavy atom. The van der Waals surface area contributed by atoms with Gasteiger partial charge in [-0.15, -0.1) is 11.3 Å². The van der Waals surface area contributed by atoms with Crippen LogP contribution in [-0.4, -0.2) is 16.6 Å². The first-order valence-electron chi connectivity index (χ1n) is 6.22. The maximum Gasteiger partial charge on any atom is 0.227 e. The van der Waals surface area contributed by atoms with Gasteiger partial charge in [0, 0.05) is 4.88 Å². The molecule has 0 aliphatic carbocycles. The van der Waals surface area contributed by atoms with Gasteiger partial charge in [0.25, 0.3) is 0 Å². The van der Waals surface area contributed by atoms with Crippen LogP contribution in [0.25, 0.3) is 10.2 Å². The molecule has 2 N–H and O–H groups in total. The van der Waals surface area contributed by atoms with E-state index in [1.807, 2.05) is 6.92 Å². The van der Waals surface area contributed by atoms with E-state index in [1.54, 1.807) is 11.3 Å². The van der Waals surface area contributed by atoms with Gasteiger partial charge in [-0.2, -0.15) is 4.98 Å². The van der Waals surface area contributed by atoms with Crippen LogP contribution in [0, 0.1) is 12.8 Å². The van der Waals surface area contributed by atoms with Gasteiger partial charge in [-0.05, 0) is 31.7 Å². The van der Waals surface area contributed by atoms with Crippen LogP contribution in [0.3, 0.4) is 0 Å². The van der Waals surface area contributed by atoms with Crippen LogP contribution in [0.2, 0.25) is 0 Å². The second-order valence-corrected chi connectivity index (χ2v) is 6.08. The number of ether oxygens (including phenoxy) is 1. The van der Waals surface area contributed by atoms with Crippen LogP contribution in [0.4, 0.5) is 5.95 Å². The summed E-state index contributed by atoms with van der Waals surface area (Å²) in [5, 5.41) is 0.969. The highest BCUT2D eigenvalue weighted by molar-refractivity contribution is 7.18. The van der Waals surface area contributed by atoms with Crippen molar-refractivity contribution in [1.82, 2.24) is 9.97 Å². The van der Waals surface area contributed by atoms with E-state index >= 15 is 0 Å². The Hall–Kier alpha value is -1.36. The molecule has 0 bridgehead atoms. The van der Waals surface area contributed by atoms with Crippen molar-refractivity contribution in [2.75, 3.05) is 12.3 Å². The molecule has 2 aromatic rings. The van der Waals surface area contributed by atoms with Crippen LogP contribution < -0.4 is 10.5 Å². The van der Waals surface area contributed by atoms with Gasteiger partial charge >= 0.3 is 0 Å². The van der Waals surface area contributed by atoms with Crippen LogP contribution in [0.1, 0.15) is 31.6 Å². The zero-order valence-corrected chi connectivity index (χ0v) is 11.9. The van der Waals surface area contributed by atoms with E-state index in [9.17, 15) is 0 Å². The van der Waals surface area contributed by atoms with Crippen molar-refractivity contribution in [2.45, 2.75) is 33.6 Å². The molecule has 0 spiro atoms. The fourth-order valence-electron chi connectivity index (χ4n) is 1.80. The van der Waals surface area contributed by atoms with E-state index in [0.717, 1.165) is 23.1 Å². The van der Waals surface area contributed by atoms with Gasteiger partial charge in [-0.3, -0.25) is 0 Å². The van der Waals surface area contributed by atoms with E-state index in [-0.39, 0.29) is 5.95 Å². The monoisotopic (exact) mass is 265 g/mol. The molecular formula is C13H19N3OS. The molecule has 0 unspecified atom stereocenters. The molecule has 0 radical (unpaired) electrons. The summed E-state index contributed by atoms with van der Waals surface area (Å²) in [5.74, 6) is 1.60. The lowest BCUT2D eigenvalue weighted by Crippen LogP contribution is -2.03. The molecule has 0 fully saturated rings. The first-order valence-corrected chi connectivity index (χ1v) is 7.04. The van der Waals surface area contributed by atoms with Crippen LogP contribution >= 0.6 is 11.3 Å². The number of nitrogens with two attached hydrogens (primary N) is 1. The van der Waals surface area contributed by atoms with Gasteiger partial charge < -0.3 is 10.5 Å². The van der Waals surface area contributed by atoms with E-state index in [1.165, 1.54) is 4.88 Å². The van der Waals surface area contributed by atoms with Gasteiger partial charge in [0.2, 0.25) is 11.8 Å². The van der Waals surface area contributed by atoms with Crippen molar-refractivity contribution in [2.24, 2.45) is 5.92 Å². The minimum atomic E-state index is 0.281. The van der Waals surface area contributed by atoms with Crippen LogP contribution in [0.15, 0.2) is 6.07 Å². The number of nitrogens with zero attached hydrogens (tertiary/aromatic N) is 2. The van der Waals surface area contributed by atoms with Gasteiger partial charge in [-0.1, -0.05) is 13.8 Å². The Kier molecular flexibility index (Phi) is 4.01. The van der Waals surface area contributed by atoms with Gasteiger partial charge in [-0.25, -0.2) is 4.98 Å². The fourth-order valence-corrected chi connectivity index (χ4v) is 2.68. The molecule has 5 heteroatoms. The lowest BCUT2D eigenvalue weighted by atomic mass is 10.1. The number of aromatic nitrogens is 2. The predicted octanol–water partition coefficient (Wildman–Crippen LogP) is 3.40. The van der Waals surface area contributed by atoms with Crippen molar-refractivity contribution in [3.63, 3.8) is 0 Å². The van der Waals surface area contributed by atoms with Crippen molar-refractivity contribution in [3.05, 3.63) is 10.9 Å². The third-order valence-corrected chi connectivity index (χ3v) is 3.61. The van der Waals surface area contributed by atoms with Crippen molar-refractivity contribution in [3.8, 4) is 5.88 Å². The zero-order valence-electron chi connectivity index (χ0n) is 11.1. The second-order valence-electron chi connectivity index (χ2n) is 4.85. The molecule has 0 saturated carbocycles. The lowest BCUT2D eigenvalue weighted by Gasteiger charge is -2.08. The lowest BCUT2D eigenvalue weighted by molar-refractivity contribution is 0.291. The van der Waals surface area contributed by atoms with E-state index in [4.69, 9.17) is 10.5 Å². The van der Waals surface area contributed by atoms with E-state index < -0.39 is 0 Å². The summed E-state index contributed by atoms with van der Waals surface area (Å²) in [6.45, 7) is 7.15. The summed E-state index contributed by atoms with van der Waals surface area (Å²) in [6.07, 6.45) is 2.19. The summed E-state index contributed by atoms with van der Waals surface area (Å²) in [5.41, 5.74) is 5.69. The standard InChI is InChI=1S/C13H19N3OS/c1-8(2)5-4-6-17-11-10-7-9(3)18-12(10)16-13(14)15-11/h7-8H,4-6H2,1-3H3,(H2,14,15,16). The van der Waals surface area contributed by atoms with Crippen LogP contribution in [-0.2, 0) is 0 Å². The summed E-state index contributed by atoms with van der Waals surface area (Å²) in [6, 6.07) is 2.05. The summed E-state index contributed by atoms with van der Waals surface area (Å²) in [7, 11) is 0. The number of thiophene rings is 1. The highest BCUT2D eigenvalue weighted by Gasteiger charge is 2.10. The topological polar surface area (TPSA) is 61.0 Å². The van der Waals surface area contributed by atoms with E-state index in [0.29, 0.717) is 18.4 Å². The summed E-state index contributed by atoms with van der Waals surface area (Å²) >= 11 is 1.61. The molecule has 18 heavy (non-hydrogen) atoms. The molecule has 98 valence electrons. The maximum absolute atomic E-state index is 5.74. The zero-order chi connectivity index (χ0) is 13.1. The number of hydrogen-bond acceptors (Lipinski definition) is 5. The highest BCUT2D eigenvalue weighted by atomic mass is 32.1. The molecule has 0 aliphatic heterocycles. The summed E-state index contributed by atoms with van der Waals surface area (Å²) < 4.78 is 5.74. The number of aryl methyl sites for hydroxylation is 1. The Bertz CT molecular complexity index is 536. The molecule has 0 aromatic carbocycles. The first-order chi connectivity index (χ1) is 8.56. The predicted molar refractivity (Wildman–Crippen MR) is 76.1 cm³/mol. The molecule has 0 saturated heterocycles. The van der Waals surface area contributed by atoms with E-state index in [2.05, 4.69) is 29.9 Å². The quantitative estimate of drug-likeness (QED) is 0.842. The Morgan fingerprint density at radius 3 is 2.89 bits per heavy atom. The first kappa shape index (κ1) is 13.1. The molecule has 4 nitrogen and oxygen atoms in total. The Balaban J connectivity index is 2.11. The second kappa shape index (κ2) is 5.52. The smallest absolute Gasteiger partial charge is 0.227 e. The fraction of sp³-hybridized carbons (Fsp3) is 0.538. The van der Waals surface area contributed by atoms with Crippen molar-refractivity contribution in [1.29, 1.82) is 0 Å². The SMILES string of the molecule is Cc1cc2c(OCCCC(C)C)nc(N)nc2s1. The molecular weight excluding hydrogens is 246 g/mol. The minimum absolute atomic E-state index is 0.281. The molecule has 0 atom stereocenters. The van der Waals surface area contributed by atoms with Crippen LogP contribution in [0.5, 0.6) is 5.88 Å².